The van der Waals surface area contributed by atoms with Crippen LogP contribution in [0, 0.1) is 0 Å². The predicted octanol–water partition coefficient (Wildman–Crippen LogP) is 1.50. The Labute approximate surface area is 60.0 Å². The monoisotopic (exact) mass is 148 g/mol. The van der Waals surface area contributed by atoms with Crippen LogP contribution < -0.4 is 0 Å². The zero-order valence-corrected chi connectivity index (χ0v) is 6.25. The van der Waals surface area contributed by atoms with Gasteiger partial charge in [0.05, 0.1) is 13.7 Å². The molecule has 0 saturated heterocycles. The zero-order chi connectivity index (χ0) is 7.82. The van der Waals surface area contributed by atoms with Gasteiger partial charge in [-0.25, -0.2) is 4.79 Å². The van der Waals surface area contributed by atoms with Crippen molar-refractivity contribution in [3.05, 3.63) is 0 Å². The Balaban J connectivity index is 2.96. The van der Waals surface area contributed by atoms with Crippen molar-refractivity contribution >= 4 is 6.16 Å². The van der Waals surface area contributed by atoms with Crippen LogP contribution in [0.4, 0.5) is 4.79 Å². The minimum atomic E-state index is -0.809. The molecule has 0 rings (SSSR count). The Hall–Kier alpha value is -0.770. The lowest BCUT2D eigenvalue weighted by molar-refractivity contribution is -0.253. The van der Waals surface area contributed by atoms with Crippen LogP contribution in [0.5, 0.6) is 0 Å². The quantitative estimate of drug-likeness (QED) is 0.262. The van der Waals surface area contributed by atoms with Gasteiger partial charge in [-0.1, -0.05) is 13.3 Å². The van der Waals surface area contributed by atoms with Gasteiger partial charge in [-0.3, -0.25) is 4.89 Å². The standard InChI is InChI=1S/C6H12O4/c1-3-4-5-9-10-6(7)8-2/h3-5H2,1-2H3. The van der Waals surface area contributed by atoms with Crippen molar-refractivity contribution in [3.8, 4) is 0 Å². The first-order valence-corrected chi connectivity index (χ1v) is 3.18. The van der Waals surface area contributed by atoms with E-state index >= 15 is 0 Å². The lowest BCUT2D eigenvalue weighted by atomic mass is 10.4. The summed E-state index contributed by atoms with van der Waals surface area (Å²) in [5, 5.41) is 0. The van der Waals surface area contributed by atoms with Gasteiger partial charge in [0.15, 0.2) is 0 Å². The van der Waals surface area contributed by atoms with Gasteiger partial charge in [-0.2, -0.15) is 4.89 Å². The lowest BCUT2D eigenvalue weighted by Gasteiger charge is -1.99. The molecule has 60 valence electrons. The van der Waals surface area contributed by atoms with E-state index in [0.29, 0.717) is 6.61 Å². The summed E-state index contributed by atoms with van der Waals surface area (Å²) >= 11 is 0. The fraction of sp³-hybridized carbons (Fsp3) is 0.833. The zero-order valence-electron chi connectivity index (χ0n) is 6.25. The summed E-state index contributed by atoms with van der Waals surface area (Å²) in [6, 6.07) is 0. The van der Waals surface area contributed by atoms with Gasteiger partial charge in [0.2, 0.25) is 0 Å². The molecule has 0 N–H and O–H groups in total. The van der Waals surface area contributed by atoms with Crippen LogP contribution in [0.1, 0.15) is 19.8 Å². The van der Waals surface area contributed by atoms with Crippen molar-refractivity contribution in [1.29, 1.82) is 0 Å². The summed E-state index contributed by atoms with van der Waals surface area (Å²) in [5.74, 6) is 0. The highest BCUT2D eigenvalue weighted by molar-refractivity contribution is 5.58. The van der Waals surface area contributed by atoms with Crippen LogP contribution in [0.3, 0.4) is 0 Å². The van der Waals surface area contributed by atoms with E-state index in [1.54, 1.807) is 0 Å². The first-order valence-electron chi connectivity index (χ1n) is 3.18. The van der Waals surface area contributed by atoms with Crippen LogP contribution in [-0.4, -0.2) is 19.9 Å². The minimum absolute atomic E-state index is 0.422. The lowest BCUT2D eigenvalue weighted by Crippen LogP contribution is -2.05. The van der Waals surface area contributed by atoms with Gasteiger partial charge in [-0.05, 0) is 6.42 Å². The van der Waals surface area contributed by atoms with Crippen molar-refractivity contribution in [3.63, 3.8) is 0 Å². The molecule has 0 aliphatic carbocycles. The van der Waals surface area contributed by atoms with E-state index in [1.165, 1.54) is 7.11 Å². The van der Waals surface area contributed by atoms with E-state index in [9.17, 15) is 4.79 Å². The van der Waals surface area contributed by atoms with Crippen LogP contribution >= 0.6 is 0 Å². The predicted molar refractivity (Wildman–Crippen MR) is 34.3 cm³/mol. The molecular formula is C6H12O4. The van der Waals surface area contributed by atoms with Crippen LogP contribution in [0.15, 0.2) is 0 Å². The number of carbonyl (C=O) groups excluding carboxylic acids is 1. The number of methoxy groups -OCH3 is 1. The Kier molecular flexibility index (Phi) is 5.86. The Bertz CT molecular complexity index is 91.7. The molecule has 0 unspecified atom stereocenters. The molecule has 0 amide bonds. The first-order chi connectivity index (χ1) is 4.81. The van der Waals surface area contributed by atoms with Crippen LogP contribution in [0.25, 0.3) is 0 Å². The van der Waals surface area contributed by atoms with Gasteiger partial charge < -0.3 is 4.74 Å². The van der Waals surface area contributed by atoms with E-state index in [-0.39, 0.29) is 0 Å². The largest absolute Gasteiger partial charge is 0.540 e. The highest BCUT2D eigenvalue weighted by atomic mass is 17.2. The highest BCUT2D eigenvalue weighted by Gasteiger charge is 1.99. The molecule has 0 aromatic heterocycles. The van der Waals surface area contributed by atoms with Crippen molar-refractivity contribution in [2.75, 3.05) is 13.7 Å². The smallest absolute Gasteiger partial charge is 0.436 e. The molecule has 0 aromatic rings. The average Bonchev–Trinajstić information content (AvgIpc) is 1.98. The molecule has 4 heteroatoms. The second-order valence-corrected chi connectivity index (χ2v) is 1.71. The molecule has 0 aromatic carbocycles. The molecule has 0 heterocycles. The Morgan fingerprint density at radius 3 is 2.70 bits per heavy atom. The summed E-state index contributed by atoms with van der Waals surface area (Å²) in [7, 11) is 1.23. The number of ether oxygens (including phenoxy) is 1. The maximum Gasteiger partial charge on any atom is 0.540 e. The molecule has 0 radical (unpaired) electrons. The fourth-order valence-corrected chi connectivity index (χ4v) is 0.327. The summed E-state index contributed by atoms with van der Waals surface area (Å²) < 4.78 is 4.14. The number of hydrogen-bond donors (Lipinski definition) is 0. The molecular weight excluding hydrogens is 136 g/mol. The summed E-state index contributed by atoms with van der Waals surface area (Å²) in [4.78, 5) is 18.8. The van der Waals surface area contributed by atoms with E-state index in [0.717, 1.165) is 12.8 Å². The molecule has 0 saturated carbocycles. The van der Waals surface area contributed by atoms with Gasteiger partial charge >= 0.3 is 6.16 Å². The maximum atomic E-state index is 10.2. The van der Waals surface area contributed by atoms with Crippen LogP contribution in [-0.2, 0) is 14.5 Å². The van der Waals surface area contributed by atoms with Crippen molar-refractivity contribution in [1.82, 2.24) is 0 Å². The van der Waals surface area contributed by atoms with E-state index in [2.05, 4.69) is 14.5 Å². The second kappa shape index (κ2) is 6.35. The van der Waals surface area contributed by atoms with E-state index in [1.807, 2.05) is 6.92 Å². The molecule has 0 aliphatic heterocycles. The van der Waals surface area contributed by atoms with Crippen molar-refractivity contribution in [2.45, 2.75) is 19.8 Å². The summed E-state index contributed by atoms with van der Waals surface area (Å²) in [6.45, 7) is 2.44. The minimum Gasteiger partial charge on any atom is -0.436 e. The Morgan fingerprint density at radius 1 is 1.50 bits per heavy atom. The van der Waals surface area contributed by atoms with Gasteiger partial charge in [0, 0.05) is 0 Å². The summed E-state index contributed by atoms with van der Waals surface area (Å²) in [6.07, 6.45) is 1.07. The Morgan fingerprint density at radius 2 is 2.20 bits per heavy atom. The topological polar surface area (TPSA) is 44.8 Å². The number of unbranched alkanes of at least 4 members (excludes halogenated alkanes) is 1. The maximum absolute atomic E-state index is 10.2. The van der Waals surface area contributed by atoms with Gasteiger partial charge in [-0.15, -0.1) is 0 Å². The third-order valence-corrected chi connectivity index (χ3v) is 0.875. The number of carbonyl (C=O) groups is 1. The number of hydrogen-bond acceptors (Lipinski definition) is 4. The third-order valence-electron chi connectivity index (χ3n) is 0.875. The number of rotatable bonds is 4. The second-order valence-electron chi connectivity index (χ2n) is 1.71. The molecule has 0 bridgehead atoms. The molecule has 0 atom stereocenters. The highest BCUT2D eigenvalue weighted by Crippen LogP contribution is 1.90. The molecule has 0 fully saturated rings. The third kappa shape index (κ3) is 5.37. The fourth-order valence-electron chi connectivity index (χ4n) is 0.327. The normalized spacial score (nSPS) is 9.00. The SMILES string of the molecule is CCCCOOC(=O)OC. The van der Waals surface area contributed by atoms with E-state index in [4.69, 9.17) is 0 Å². The van der Waals surface area contributed by atoms with Crippen LogP contribution in [0.2, 0.25) is 0 Å². The molecule has 4 nitrogen and oxygen atoms in total. The molecule has 10 heavy (non-hydrogen) atoms. The molecule has 0 spiro atoms. The van der Waals surface area contributed by atoms with E-state index < -0.39 is 6.16 Å². The molecule has 0 aliphatic rings. The average molecular weight is 148 g/mol. The summed E-state index contributed by atoms with van der Waals surface area (Å²) in [5.41, 5.74) is 0. The first kappa shape index (κ1) is 9.23. The van der Waals surface area contributed by atoms with Gasteiger partial charge in [0.1, 0.15) is 0 Å². The van der Waals surface area contributed by atoms with Crippen molar-refractivity contribution in [2.24, 2.45) is 0 Å². The van der Waals surface area contributed by atoms with Gasteiger partial charge in [0.25, 0.3) is 0 Å². The van der Waals surface area contributed by atoms with Crippen molar-refractivity contribution < 1.29 is 19.3 Å².